The lowest BCUT2D eigenvalue weighted by Crippen LogP contribution is -2.01. The van der Waals surface area contributed by atoms with Crippen molar-refractivity contribution in [2.45, 2.75) is 0 Å². The molecule has 1 aromatic carbocycles. The largest absolute Gasteiger partial charge is 0.491 e. The van der Waals surface area contributed by atoms with Crippen LogP contribution in [-0.2, 0) is 0 Å². The number of benzene rings is 1. The monoisotopic (exact) mass is 177 g/mol. The van der Waals surface area contributed by atoms with Crippen LogP contribution >= 0.6 is 0 Å². The zero-order valence-electron chi connectivity index (χ0n) is 6.20. The Bertz CT molecular complexity index is 314. The van der Waals surface area contributed by atoms with Crippen molar-refractivity contribution < 1.29 is 17.9 Å². The number of hydrogen-bond donors (Lipinski definition) is 1. The van der Waals surface area contributed by atoms with Crippen LogP contribution in [0.4, 0.5) is 18.9 Å². The van der Waals surface area contributed by atoms with Crippen molar-refractivity contribution in [1.29, 1.82) is 0 Å². The van der Waals surface area contributed by atoms with E-state index in [1.165, 1.54) is 0 Å². The second-order valence-electron chi connectivity index (χ2n) is 2.10. The van der Waals surface area contributed by atoms with Gasteiger partial charge in [-0.05, 0) is 0 Å². The lowest BCUT2D eigenvalue weighted by molar-refractivity contribution is 0.379. The van der Waals surface area contributed by atoms with Gasteiger partial charge in [-0.15, -0.1) is 0 Å². The average Bonchev–Trinajstić information content (AvgIpc) is 2.01. The molecule has 0 aliphatic carbocycles. The van der Waals surface area contributed by atoms with Gasteiger partial charge in [0.2, 0.25) is 0 Å². The molecule has 1 aromatic rings. The summed E-state index contributed by atoms with van der Waals surface area (Å²) in [5.74, 6) is -4.12. The summed E-state index contributed by atoms with van der Waals surface area (Å²) in [7, 11) is 1.12. The van der Waals surface area contributed by atoms with Crippen LogP contribution in [0.25, 0.3) is 0 Å². The number of anilines is 1. The van der Waals surface area contributed by atoms with Gasteiger partial charge in [-0.25, -0.2) is 13.2 Å². The highest BCUT2D eigenvalue weighted by Crippen LogP contribution is 2.29. The van der Waals surface area contributed by atoms with Gasteiger partial charge in [0, 0.05) is 6.07 Å². The molecular weight excluding hydrogens is 171 g/mol. The molecule has 0 aliphatic heterocycles. The van der Waals surface area contributed by atoms with Crippen LogP contribution in [-0.4, -0.2) is 7.11 Å². The molecule has 0 aromatic heterocycles. The summed E-state index contributed by atoms with van der Waals surface area (Å²) < 4.78 is 42.1. The molecule has 0 saturated heterocycles. The summed E-state index contributed by atoms with van der Waals surface area (Å²) in [4.78, 5) is 0. The van der Waals surface area contributed by atoms with Crippen molar-refractivity contribution in [3.8, 4) is 5.75 Å². The highest BCUT2D eigenvalue weighted by atomic mass is 19.2. The van der Waals surface area contributed by atoms with Gasteiger partial charge >= 0.3 is 0 Å². The third-order valence-electron chi connectivity index (χ3n) is 1.37. The van der Waals surface area contributed by atoms with Gasteiger partial charge in [0.1, 0.15) is 5.69 Å². The maximum absolute atomic E-state index is 12.7. The molecule has 0 spiro atoms. The molecule has 0 atom stereocenters. The third kappa shape index (κ3) is 1.17. The van der Waals surface area contributed by atoms with E-state index in [9.17, 15) is 13.2 Å². The average molecular weight is 177 g/mol. The normalized spacial score (nSPS) is 10.0. The van der Waals surface area contributed by atoms with Gasteiger partial charge in [0.05, 0.1) is 7.11 Å². The van der Waals surface area contributed by atoms with Crippen molar-refractivity contribution in [3.05, 3.63) is 23.5 Å². The Morgan fingerprint density at radius 3 is 2.33 bits per heavy atom. The van der Waals surface area contributed by atoms with Gasteiger partial charge in [-0.1, -0.05) is 0 Å². The summed E-state index contributed by atoms with van der Waals surface area (Å²) in [6, 6.07) is 0.379. The zero-order chi connectivity index (χ0) is 9.30. The predicted octanol–water partition coefficient (Wildman–Crippen LogP) is 1.69. The Hall–Kier alpha value is -1.39. The Labute approximate surface area is 66.7 Å². The molecule has 0 heterocycles. The Balaban J connectivity index is 3.40. The number of methoxy groups -OCH3 is 1. The van der Waals surface area contributed by atoms with E-state index in [4.69, 9.17) is 5.73 Å². The third-order valence-corrected chi connectivity index (χ3v) is 1.37. The topological polar surface area (TPSA) is 35.2 Å². The number of nitrogens with two attached hydrogens (primary N) is 1. The van der Waals surface area contributed by atoms with Crippen molar-refractivity contribution in [2.75, 3.05) is 12.8 Å². The molecule has 0 amide bonds. The summed E-state index contributed by atoms with van der Waals surface area (Å²) in [5, 5.41) is 0. The predicted molar refractivity (Wildman–Crippen MR) is 37.3 cm³/mol. The van der Waals surface area contributed by atoms with Crippen LogP contribution in [0, 0.1) is 17.5 Å². The van der Waals surface area contributed by atoms with Gasteiger partial charge in [0.15, 0.2) is 23.2 Å². The standard InChI is InChI=1S/C7H6F3NO/c1-12-7-4(9)2-3(8)5(10)6(7)11/h2H,11H2,1H3. The van der Waals surface area contributed by atoms with E-state index in [1.54, 1.807) is 0 Å². The molecule has 0 radical (unpaired) electrons. The highest BCUT2D eigenvalue weighted by Gasteiger charge is 2.16. The van der Waals surface area contributed by atoms with Crippen molar-refractivity contribution in [1.82, 2.24) is 0 Å². The number of rotatable bonds is 1. The Kier molecular flexibility index (Phi) is 2.12. The van der Waals surface area contributed by atoms with Crippen LogP contribution in [0.2, 0.25) is 0 Å². The van der Waals surface area contributed by atoms with Crippen LogP contribution in [0.5, 0.6) is 5.75 Å². The van der Waals surface area contributed by atoms with E-state index in [-0.39, 0.29) is 0 Å². The van der Waals surface area contributed by atoms with Gasteiger partial charge in [-0.3, -0.25) is 0 Å². The first-order valence-corrected chi connectivity index (χ1v) is 3.05. The van der Waals surface area contributed by atoms with Crippen LogP contribution in [0.15, 0.2) is 6.07 Å². The fraction of sp³-hybridized carbons (Fsp3) is 0.143. The van der Waals surface area contributed by atoms with Crippen LogP contribution in [0.1, 0.15) is 0 Å². The molecule has 1 rings (SSSR count). The smallest absolute Gasteiger partial charge is 0.185 e. The van der Waals surface area contributed by atoms with Gasteiger partial charge in [-0.2, -0.15) is 0 Å². The fourth-order valence-corrected chi connectivity index (χ4v) is 0.805. The zero-order valence-corrected chi connectivity index (χ0v) is 6.20. The van der Waals surface area contributed by atoms with Crippen LogP contribution < -0.4 is 10.5 Å². The minimum absolute atomic E-state index is 0.379. The molecule has 0 saturated carbocycles. The molecule has 0 aliphatic rings. The molecular formula is C7H6F3NO. The Morgan fingerprint density at radius 2 is 1.83 bits per heavy atom. The lowest BCUT2D eigenvalue weighted by atomic mass is 10.2. The molecule has 2 nitrogen and oxygen atoms in total. The van der Waals surface area contributed by atoms with Crippen molar-refractivity contribution in [2.24, 2.45) is 0 Å². The second-order valence-corrected chi connectivity index (χ2v) is 2.10. The lowest BCUT2D eigenvalue weighted by Gasteiger charge is -2.06. The van der Waals surface area contributed by atoms with Crippen molar-refractivity contribution >= 4 is 5.69 Å². The fourth-order valence-electron chi connectivity index (χ4n) is 0.805. The second kappa shape index (κ2) is 2.92. The first-order chi connectivity index (χ1) is 5.57. The van der Waals surface area contributed by atoms with Crippen molar-refractivity contribution in [3.63, 3.8) is 0 Å². The minimum Gasteiger partial charge on any atom is -0.491 e. The van der Waals surface area contributed by atoms with E-state index in [0.717, 1.165) is 7.11 Å². The first kappa shape index (κ1) is 8.70. The van der Waals surface area contributed by atoms with E-state index in [1.807, 2.05) is 0 Å². The van der Waals surface area contributed by atoms with Crippen LogP contribution in [0.3, 0.4) is 0 Å². The summed E-state index contributed by atoms with van der Waals surface area (Å²) in [6.45, 7) is 0. The number of nitrogen functional groups attached to an aromatic ring is 1. The Morgan fingerprint density at radius 1 is 1.25 bits per heavy atom. The molecule has 66 valence electrons. The summed E-state index contributed by atoms with van der Waals surface area (Å²) >= 11 is 0. The SMILES string of the molecule is COc1c(F)cc(F)c(F)c1N. The molecule has 0 unspecified atom stereocenters. The molecule has 2 N–H and O–H groups in total. The minimum atomic E-state index is -1.33. The van der Waals surface area contributed by atoms with Gasteiger partial charge in [0.25, 0.3) is 0 Å². The first-order valence-electron chi connectivity index (χ1n) is 3.05. The number of hydrogen-bond acceptors (Lipinski definition) is 2. The molecule has 0 bridgehead atoms. The maximum Gasteiger partial charge on any atom is 0.185 e. The number of ether oxygens (including phenoxy) is 1. The summed E-state index contributed by atoms with van der Waals surface area (Å²) in [5.41, 5.74) is 4.36. The maximum atomic E-state index is 12.7. The van der Waals surface area contributed by atoms with E-state index < -0.39 is 28.9 Å². The van der Waals surface area contributed by atoms with E-state index in [2.05, 4.69) is 4.74 Å². The quantitative estimate of drug-likeness (QED) is 0.523. The summed E-state index contributed by atoms with van der Waals surface area (Å²) in [6.07, 6.45) is 0. The number of halogens is 3. The molecule has 0 fully saturated rings. The van der Waals surface area contributed by atoms with Gasteiger partial charge < -0.3 is 10.5 Å². The van der Waals surface area contributed by atoms with E-state index in [0.29, 0.717) is 6.07 Å². The van der Waals surface area contributed by atoms with E-state index >= 15 is 0 Å². The molecule has 12 heavy (non-hydrogen) atoms. The highest BCUT2D eigenvalue weighted by molar-refractivity contribution is 5.54. The molecule has 5 heteroatoms.